The number of hydrogen-bond donors (Lipinski definition) is 0. The lowest BCUT2D eigenvalue weighted by Gasteiger charge is -2.22. The molecular weight excluding hydrogens is 292 g/mol. The summed E-state index contributed by atoms with van der Waals surface area (Å²) in [7, 11) is 0. The van der Waals surface area contributed by atoms with Crippen molar-refractivity contribution in [3.8, 4) is 5.75 Å². The van der Waals surface area contributed by atoms with E-state index in [0.717, 1.165) is 12.8 Å². The van der Waals surface area contributed by atoms with E-state index in [1.165, 1.54) is 4.90 Å². The van der Waals surface area contributed by atoms with Crippen LogP contribution < -0.4 is 4.74 Å². The molecule has 21 heavy (non-hydrogen) atoms. The number of ether oxygens (including phenoxy) is 1. The standard InChI is InChI=1S/C15H17ClN2O3/c1-15-7-2-8-18(15)14(20)17(13(15)19)9-10-21-12-5-3-11(16)4-6-12/h3-6H,2,7-10H2,1H3/t15-/m1/s1. The van der Waals surface area contributed by atoms with Crippen molar-refractivity contribution in [1.29, 1.82) is 0 Å². The van der Waals surface area contributed by atoms with Crippen molar-refractivity contribution >= 4 is 23.5 Å². The maximum atomic E-state index is 12.4. The zero-order valence-electron chi connectivity index (χ0n) is 11.8. The third-order valence-electron chi connectivity index (χ3n) is 4.21. The Kier molecular flexibility index (Phi) is 3.53. The summed E-state index contributed by atoms with van der Waals surface area (Å²) >= 11 is 5.80. The van der Waals surface area contributed by atoms with Crippen LogP contribution in [0.5, 0.6) is 5.75 Å². The molecule has 5 nitrogen and oxygen atoms in total. The third kappa shape index (κ3) is 2.35. The van der Waals surface area contributed by atoms with Gasteiger partial charge in [-0.2, -0.15) is 0 Å². The molecule has 0 aliphatic carbocycles. The fourth-order valence-corrected chi connectivity index (χ4v) is 3.12. The van der Waals surface area contributed by atoms with Gasteiger partial charge in [-0.1, -0.05) is 11.6 Å². The highest BCUT2D eigenvalue weighted by Crippen LogP contribution is 2.37. The summed E-state index contributed by atoms with van der Waals surface area (Å²) in [6.45, 7) is 3.06. The van der Waals surface area contributed by atoms with Crippen LogP contribution in [0.3, 0.4) is 0 Å². The molecule has 3 rings (SSSR count). The number of carbonyl (C=O) groups excluding carboxylic acids is 2. The minimum Gasteiger partial charge on any atom is -0.492 e. The molecule has 2 fully saturated rings. The van der Waals surface area contributed by atoms with Gasteiger partial charge < -0.3 is 9.64 Å². The molecule has 0 aromatic heterocycles. The molecule has 2 aliphatic rings. The fraction of sp³-hybridized carbons (Fsp3) is 0.467. The van der Waals surface area contributed by atoms with Crippen LogP contribution in [0.4, 0.5) is 4.79 Å². The quantitative estimate of drug-likeness (QED) is 0.803. The third-order valence-corrected chi connectivity index (χ3v) is 4.46. The van der Waals surface area contributed by atoms with Gasteiger partial charge in [0.2, 0.25) is 0 Å². The zero-order valence-corrected chi connectivity index (χ0v) is 12.6. The number of rotatable bonds is 4. The molecule has 1 aromatic carbocycles. The Morgan fingerprint density at radius 2 is 2.00 bits per heavy atom. The van der Waals surface area contributed by atoms with Gasteiger partial charge >= 0.3 is 6.03 Å². The van der Waals surface area contributed by atoms with Gasteiger partial charge in [-0.15, -0.1) is 0 Å². The van der Waals surface area contributed by atoms with Crippen molar-refractivity contribution in [3.05, 3.63) is 29.3 Å². The SMILES string of the molecule is C[C@]12CCCN1C(=O)N(CCOc1ccc(Cl)cc1)C2=O. The minimum absolute atomic E-state index is 0.107. The van der Waals surface area contributed by atoms with E-state index >= 15 is 0 Å². The van der Waals surface area contributed by atoms with E-state index in [1.54, 1.807) is 29.2 Å². The lowest BCUT2D eigenvalue weighted by atomic mass is 9.99. The van der Waals surface area contributed by atoms with Gasteiger partial charge in [-0.25, -0.2) is 4.79 Å². The van der Waals surface area contributed by atoms with Gasteiger partial charge in [0.25, 0.3) is 5.91 Å². The highest BCUT2D eigenvalue weighted by molar-refractivity contribution is 6.30. The zero-order chi connectivity index (χ0) is 15.0. The van der Waals surface area contributed by atoms with E-state index in [1.807, 2.05) is 6.92 Å². The number of fused-ring (bicyclic) bond motifs is 1. The van der Waals surface area contributed by atoms with E-state index < -0.39 is 5.54 Å². The fourth-order valence-electron chi connectivity index (χ4n) is 3.00. The summed E-state index contributed by atoms with van der Waals surface area (Å²) in [5.41, 5.74) is -0.642. The normalized spacial score (nSPS) is 24.7. The van der Waals surface area contributed by atoms with Gasteiger partial charge in [-0.05, 0) is 44.0 Å². The van der Waals surface area contributed by atoms with Gasteiger partial charge in [0.1, 0.15) is 17.9 Å². The first-order valence-corrected chi connectivity index (χ1v) is 7.42. The summed E-state index contributed by atoms with van der Waals surface area (Å²) in [5, 5.41) is 0.640. The molecule has 112 valence electrons. The Hall–Kier alpha value is -1.75. The molecule has 0 saturated carbocycles. The lowest BCUT2D eigenvalue weighted by Crippen LogP contribution is -2.42. The Morgan fingerprint density at radius 3 is 2.67 bits per heavy atom. The smallest absolute Gasteiger partial charge is 0.327 e. The van der Waals surface area contributed by atoms with Crippen LogP contribution in [0.25, 0.3) is 0 Å². The molecule has 0 N–H and O–H groups in total. The first kappa shape index (κ1) is 14.2. The summed E-state index contributed by atoms with van der Waals surface area (Å²) in [5.74, 6) is 0.565. The summed E-state index contributed by atoms with van der Waals surface area (Å²) < 4.78 is 5.55. The van der Waals surface area contributed by atoms with Gasteiger partial charge in [0, 0.05) is 11.6 Å². The average molecular weight is 309 g/mol. The molecule has 1 aromatic rings. The molecule has 0 spiro atoms. The van der Waals surface area contributed by atoms with Crippen LogP contribution in [-0.4, -0.2) is 47.0 Å². The topological polar surface area (TPSA) is 49.9 Å². The van der Waals surface area contributed by atoms with Crippen molar-refractivity contribution < 1.29 is 14.3 Å². The van der Waals surface area contributed by atoms with Crippen LogP contribution in [0.15, 0.2) is 24.3 Å². The number of nitrogens with zero attached hydrogens (tertiary/aromatic N) is 2. The van der Waals surface area contributed by atoms with Crippen LogP contribution in [0.2, 0.25) is 5.02 Å². The molecule has 6 heteroatoms. The highest BCUT2D eigenvalue weighted by Gasteiger charge is 2.56. The Balaban J connectivity index is 1.60. The van der Waals surface area contributed by atoms with E-state index in [0.29, 0.717) is 17.3 Å². The van der Waals surface area contributed by atoms with Gasteiger partial charge in [0.05, 0.1) is 6.54 Å². The van der Waals surface area contributed by atoms with Crippen LogP contribution in [0.1, 0.15) is 19.8 Å². The Labute approximate surface area is 128 Å². The number of imide groups is 1. The number of amides is 3. The number of benzene rings is 1. The summed E-state index contributed by atoms with van der Waals surface area (Å²) in [6, 6.07) is 6.80. The number of hydrogen-bond acceptors (Lipinski definition) is 3. The number of carbonyl (C=O) groups is 2. The predicted octanol–water partition coefficient (Wildman–Crippen LogP) is 2.54. The Morgan fingerprint density at radius 1 is 1.29 bits per heavy atom. The van der Waals surface area contributed by atoms with Crippen LogP contribution >= 0.6 is 11.6 Å². The van der Waals surface area contributed by atoms with Crippen molar-refractivity contribution in [2.24, 2.45) is 0 Å². The molecule has 1 atom stereocenters. The molecule has 2 aliphatic heterocycles. The van der Waals surface area contributed by atoms with E-state index in [-0.39, 0.29) is 25.1 Å². The van der Waals surface area contributed by atoms with Gasteiger partial charge in [0.15, 0.2) is 0 Å². The second-order valence-electron chi connectivity index (χ2n) is 5.57. The number of halogens is 1. The largest absolute Gasteiger partial charge is 0.492 e. The predicted molar refractivity (Wildman–Crippen MR) is 78.4 cm³/mol. The van der Waals surface area contributed by atoms with E-state index in [2.05, 4.69) is 0 Å². The summed E-state index contributed by atoms with van der Waals surface area (Å²) in [6.07, 6.45) is 1.63. The van der Waals surface area contributed by atoms with Gasteiger partial charge in [-0.3, -0.25) is 9.69 Å². The highest BCUT2D eigenvalue weighted by atomic mass is 35.5. The van der Waals surface area contributed by atoms with Crippen molar-refractivity contribution in [2.45, 2.75) is 25.3 Å². The number of urea groups is 1. The minimum atomic E-state index is -0.642. The molecule has 0 radical (unpaired) electrons. The average Bonchev–Trinajstić information content (AvgIpc) is 2.93. The second-order valence-corrected chi connectivity index (χ2v) is 6.01. The maximum absolute atomic E-state index is 12.4. The molecule has 3 amide bonds. The molecule has 0 unspecified atom stereocenters. The Bertz CT molecular complexity index is 575. The van der Waals surface area contributed by atoms with Crippen molar-refractivity contribution in [2.75, 3.05) is 19.7 Å². The second kappa shape index (κ2) is 5.22. The van der Waals surface area contributed by atoms with E-state index in [4.69, 9.17) is 16.3 Å². The molecule has 2 heterocycles. The maximum Gasteiger partial charge on any atom is 0.327 e. The van der Waals surface area contributed by atoms with Crippen molar-refractivity contribution in [3.63, 3.8) is 0 Å². The van der Waals surface area contributed by atoms with Crippen LogP contribution in [0, 0.1) is 0 Å². The van der Waals surface area contributed by atoms with E-state index in [9.17, 15) is 9.59 Å². The lowest BCUT2D eigenvalue weighted by molar-refractivity contribution is -0.132. The first-order chi connectivity index (χ1) is 10.0. The molecule has 0 bridgehead atoms. The monoisotopic (exact) mass is 308 g/mol. The first-order valence-electron chi connectivity index (χ1n) is 7.04. The summed E-state index contributed by atoms with van der Waals surface area (Å²) in [4.78, 5) is 27.6. The van der Waals surface area contributed by atoms with Crippen molar-refractivity contribution in [1.82, 2.24) is 9.80 Å². The molecular formula is C15H17ClN2O3. The molecule has 2 saturated heterocycles. The van der Waals surface area contributed by atoms with Crippen LogP contribution in [-0.2, 0) is 4.79 Å².